The van der Waals surface area contributed by atoms with Crippen molar-refractivity contribution in [3.05, 3.63) is 54.4 Å². The van der Waals surface area contributed by atoms with Crippen LogP contribution in [0.4, 0.5) is 5.69 Å². The monoisotopic (exact) mass is 449 g/mol. The largest absolute Gasteiger partial charge is 0.347 e. The van der Waals surface area contributed by atoms with Gasteiger partial charge in [0.15, 0.2) is 0 Å². The van der Waals surface area contributed by atoms with E-state index in [1.807, 2.05) is 36.5 Å². The van der Waals surface area contributed by atoms with Crippen LogP contribution in [-0.4, -0.2) is 23.3 Å². The number of thioether (sulfide) groups is 1. The lowest BCUT2D eigenvalue weighted by Gasteiger charge is -2.56. The summed E-state index contributed by atoms with van der Waals surface area (Å²) in [7, 11) is 0. The molecule has 0 radical (unpaired) electrons. The number of carbonyl (C=O) groups excluding carboxylic acids is 2. The second-order valence-corrected chi connectivity index (χ2v) is 11.1. The standard InChI is InChI=1S/C26H31N3O2S/c30-24(14-26-11-19-8-20(12-26)10-21(9-19)13-26)28-16-25(31)29-22-3-5-23(6-4-22)32-17-18-2-1-7-27-15-18/h1-7,15,19-21H,8-14,16-17H2,(H,28,30)(H,29,31). The van der Waals surface area contributed by atoms with Crippen LogP contribution in [0.5, 0.6) is 0 Å². The van der Waals surface area contributed by atoms with Crippen LogP contribution < -0.4 is 10.6 Å². The molecule has 2 amide bonds. The smallest absolute Gasteiger partial charge is 0.243 e. The number of anilines is 1. The predicted molar refractivity (Wildman–Crippen MR) is 127 cm³/mol. The predicted octanol–water partition coefficient (Wildman–Crippen LogP) is 5.04. The highest BCUT2D eigenvalue weighted by Gasteiger charge is 2.51. The van der Waals surface area contributed by atoms with Crippen LogP contribution in [0.3, 0.4) is 0 Å². The van der Waals surface area contributed by atoms with Crippen molar-refractivity contribution in [2.75, 3.05) is 11.9 Å². The lowest BCUT2D eigenvalue weighted by Crippen LogP contribution is -2.48. The van der Waals surface area contributed by atoms with Gasteiger partial charge in [-0.2, -0.15) is 0 Å². The molecule has 1 aromatic heterocycles. The summed E-state index contributed by atoms with van der Waals surface area (Å²) < 4.78 is 0. The Bertz CT molecular complexity index is 926. The van der Waals surface area contributed by atoms with Crippen LogP contribution in [0.25, 0.3) is 0 Å². The van der Waals surface area contributed by atoms with Crippen molar-refractivity contribution in [3.63, 3.8) is 0 Å². The van der Waals surface area contributed by atoms with Gasteiger partial charge in [-0.05, 0) is 97.6 Å². The van der Waals surface area contributed by atoms with E-state index in [1.165, 1.54) is 44.1 Å². The van der Waals surface area contributed by atoms with Gasteiger partial charge in [-0.3, -0.25) is 14.6 Å². The number of amides is 2. The number of pyridine rings is 1. The van der Waals surface area contributed by atoms with Crippen molar-refractivity contribution in [1.82, 2.24) is 10.3 Å². The molecule has 4 aliphatic rings. The lowest BCUT2D eigenvalue weighted by atomic mass is 9.49. The van der Waals surface area contributed by atoms with Crippen LogP contribution in [0.1, 0.15) is 50.5 Å². The molecule has 4 bridgehead atoms. The van der Waals surface area contributed by atoms with E-state index in [4.69, 9.17) is 0 Å². The van der Waals surface area contributed by atoms with Crippen LogP contribution in [0, 0.1) is 23.2 Å². The Balaban J connectivity index is 1.06. The number of hydrogen-bond donors (Lipinski definition) is 2. The number of benzene rings is 1. The highest BCUT2D eigenvalue weighted by Crippen LogP contribution is 2.61. The number of nitrogens with one attached hydrogen (secondary N) is 2. The minimum Gasteiger partial charge on any atom is -0.347 e. The molecule has 5 nitrogen and oxygen atoms in total. The molecule has 4 saturated carbocycles. The minimum absolute atomic E-state index is 0.0305. The van der Waals surface area contributed by atoms with Gasteiger partial charge in [-0.25, -0.2) is 0 Å². The van der Waals surface area contributed by atoms with E-state index in [1.54, 1.807) is 18.0 Å². The molecule has 0 spiro atoms. The summed E-state index contributed by atoms with van der Waals surface area (Å²) in [6, 6.07) is 11.8. The molecular weight excluding hydrogens is 418 g/mol. The van der Waals surface area contributed by atoms with Crippen molar-refractivity contribution in [2.45, 2.75) is 55.6 Å². The van der Waals surface area contributed by atoms with Crippen molar-refractivity contribution >= 4 is 29.3 Å². The molecule has 0 atom stereocenters. The van der Waals surface area contributed by atoms with E-state index < -0.39 is 0 Å². The maximum atomic E-state index is 12.6. The number of hydrogen-bond acceptors (Lipinski definition) is 4. The average molecular weight is 450 g/mol. The fourth-order valence-electron chi connectivity index (χ4n) is 6.58. The summed E-state index contributed by atoms with van der Waals surface area (Å²) in [5.41, 5.74) is 2.13. The third kappa shape index (κ3) is 5.17. The van der Waals surface area contributed by atoms with Crippen molar-refractivity contribution in [3.8, 4) is 0 Å². The molecule has 32 heavy (non-hydrogen) atoms. The van der Waals surface area contributed by atoms with Crippen LogP contribution in [0.15, 0.2) is 53.7 Å². The first-order chi connectivity index (χ1) is 15.6. The first-order valence-corrected chi connectivity index (χ1v) is 12.7. The molecule has 0 saturated heterocycles. The molecule has 2 aromatic rings. The van der Waals surface area contributed by atoms with Gasteiger partial charge in [0.05, 0.1) is 6.54 Å². The molecule has 0 unspecified atom stereocenters. The first-order valence-electron chi connectivity index (χ1n) is 11.7. The van der Waals surface area contributed by atoms with E-state index in [2.05, 4.69) is 21.7 Å². The molecular formula is C26H31N3O2S. The molecule has 4 fully saturated rings. The van der Waals surface area contributed by atoms with E-state index in [-0.39, 0.29) is 23.8 Å². The van der Waals surface area contributed by atoms with E-state index in [0.29, 0.717) is 6.42 Å². The van der Waals surface area contributed by atoms with Gasteiger partial charge in [0.1, 0.15) is 0 Å². The Morgan fingerprint density at radius 2 is 1.66 bits per heavy atom. The SMILES string of the molecule is O=C(CC12CC3CC(CC(C3)C1)C2)NCC(=O)Nc1ccc(SCc2cccnc2)cc1. The van der Waals surface area contributed by atoms with Crippen molar-refractivity contribution in [2.24, 2.45) is 23.2 Å². The van der Waals surface area contributed by atoms with Gasteiger partial charge < -0.3 is 10.6 Å². The Morgan fingerprint density at radius 3 is 2.28 bits per heavy atom. The molecule has 168 valence electrons. The van der Waals surface area contributed by atoms with Crippen LogP contribution >= 0.6 is 11.8 Å². The third-order valence-corrected chi connectivity index (χ3v) is 8.50. The van der Waals surface area contributed by atoms with Gasteiger partial charge in [-0.1, -0.05) is 6.07 Å². The molecule has 0 aliphatic heterocycles. The zero-order chi connectivity index (χ0) is 22.0. The van der Waals surface area contributed by atoms with E-state index in [0.717, 1.165) is 34.1 Å². The van der Waals surface area contributed by atoms with E-state index >= 15 is 0 Å². The summed E-state index contributed by atoms with van der Waals surface area (Å²) in [4.78, 5) is 30.2. The van der Waals surface area contributed by atoms with E-state index in [9.17, 15) is 9.59 Å². The fraction of sp³-hybridized carbons (Fsp3) is 0.500. The Morgan fingerprint density at radius 1 is 0.969 bits per heavy atom. The summed E-state index contributed by atoms with van der Waals surface area (Å²) in [5, 5.41) is 5.75. The minimum atomic E-state index is -0.181. The van der Waals surface area contributed by atoms with Crippen molar-refractivity contribution in [1.29, 1.82) is 0 Å². The van der Waals surface area contributed by atoms with Gasteiger partial charge >= 0.3 is 0 Å². The Labute approximate surface area is 194 Å². The average Bonchev–Trinajstić information content (AvgIpc) is 2.77. The van der Waals surface area contributed by atoms with Crippen molar-refractivity contribution < 1.29 is 9.59 Å². The fourth-order valence-corrected chi connectivity index (χ4v) is 7.41. The van der Waals surface area contributed by atoms with Gasteiger partial charge in [0.25, 0.3) is 0 Å². The quantitative estimate of drug-likeness (QED) is 0.554. The summed E-state index contributed by atoms with van der Waals surface area (Å²) in [6.07, 6.45) is 12.0. The topological polar surface area (TPSA) is 71.1 Å². The maximum absolute atomic E-state index is 12.6. The molecule has 2 N–H and O–H groups in total. The molecule has 1 aromatic carbocycles. The highest BCUT2D eigenvalue weighted by atomic mass is 32.2. The zero-order valence-electron chi connectivity index (χ0n) is 18.4. The number of rotatable bonds is 8. The second kappa shape index (κ2) is 9.26. The van der Waals surface area contributed by atoms with Gasteiger partial charge in [0.2, 0.25) is 11.8 Å². The number of aromatic nitrogens is 1. The zero-order valence-corrected chi connectivity index (χ0v) is 19.2. The Kier molecular flexibility index (Phi) is 6.22. The Hall–Kier alpha value is -2.34. The summed E-state index contributed by atoms with van der Waals surface area (Å²) >= 11 is 1.73. The van der Waals surface area contributed by atoms with Crippen LogP contribution in [0.2, 0.25) is 0 Å². The number of carbonyl (C=O) groups is 2. The molecule has 6 heteroatoms. The summed E-state index contributed by atoms with van der Waals surface area (Å²) in [5.74, 6) is 3.22. The van der Waals surface area contributed by atoms with Gasteiger partial charge in [0, 0.05) is 35.2 Å². The summed E-state index contributed by atoms with van der Waals surface area (Å²) in [6.45, 7) is 0.0305. The molecule has 1 heterocycles. The lowest BCUT2D eigenvalue weighted by molar-refractivity contribution is -0.131. The number of nitrogens with zero attached hydrogens (tertiary/aromatic N) is 1. The van der Waals surface area contributed by atoms with Gasteiger partial charge in [-0.15, -0.1) is 11.8 Å². The highest BCUT2D eigenvalue weighted by molar-refractivity contribution is 7.98. The molecule has 4 aliphatic carbocycles. The first kappa shape index (κ1) is 21.5. The maximum Gasteiger partial charge on any atom is 0.243 e. The van der Waals surface area contributed by atoms with Crippen LogP contribution in [-0.2, 0) is 15.3 Å². The normalized spacial score (nSPS) is 27.8. The third-order valence-electron chi connectivity index (χ3n) is 7.41. The molecule has 6 rings (SSSR count). The second-order valence-electron chi connectivity index (χ2n) is 10.1.